The lowest BCUT2D eigenvalue weighted by molar-refractivity contribution is -0.126. The van der Waals surface area contributed by atoms with Gasteiger partial charge in [-0.2, -0.15) is 0 Å². The summed E-state index contributed by atoms with van der Waals surface area (Å²) in [7, 11) is 0. The van der Waals surface area contributed by atoms with Crippen molar-refractivity contribution in [3.05, 3.63) is 65.7 Å². The third-order valence-electron chi connectivity index (χ3n) is 3.66. The molecule has 0 aliphatic carbocycles. The summed E-state index contributed by atoms with van der Waals surface area (Å²) in [6.45, 7) is 2.65. The van der Waals surface area contributed by atoms with Crippen LogP contribution in [0.3, 0.4) is 0 Å². The average Bonchev–Trinajstić information content (AvgIpc) is 2.70. The van der Waals surface area contributed by atoms with Crippen LogP contribution < -0.4 is 20.9 Å². The zero-order valence-electron chi connectivity index (χ0n) is 15.2. The molecule has 2 aromatic rings. The van der Waals surface area contributed by atoms with Crippen LogP contribution in [0.4, 0.5) is 0 Å². The van der Waals surface area contributed by atoms with Gasteiger partial charge < -0.3 is 10.1 Å². The molecule has 2 aromatic carbocycles. The number of ether oxygens (including phenoxy) is 1. The highest BCUT2D eigenvalue weighted by molar-refractivity contribution is 5.98. The Labute approximate surface area is 158 Å². The summed E-state index contributed by atoms with van der Waals surface area (Å²) in [5, 5.41) is 2.74. The van der Waals surface area contributed by atoms with E-state index in [1.165, 1.54) is 0 Å². The first-order valence-electron chi connectivity index (χ1n) is 8.71. The molecule has 7 nitrogen and oxygen atoms in total. The van der Waals surface area contributed by atoms with Gasteiger partial charge in [0.2, 0.25) is 11.8 Å². The van der Waals surface area contributed by atoms with Gasteiger partial charge in [-0.05, 0) is 24.6 Å². The molecule has 2 rings (SSSR count). The van der Waals surface area contributed by atoms with Crippen molar-refractivity contribution in [2.75, 3.05) is 6.61 Å². The second kappa shape index (κ2) is 10.6. The molecule has 7 heteroatoms. The maximum atomic E-state index is 12.2. The molecule has 3 amide bonds. The molecule has 3 N–H and O–H groups in total. The van der Waals surface area contributed by atoms with E-state index in [0.717, 1.165) is 5.56 Å². The molecule has 0 fully saturated rings. The summed E-state index contributed by atoms with van der Waals surface area (Å²) < 4.78 is 5.38. The minimum Gasteiger partial charge on any atom is -0.493 e. The number of amides is 3. The highest BCUT2D eigenvalue weighted by Crippen LogP contribution is 2.17. The molecule has 142 valence electrons. The van der Waals surface area contributed by atoms with Crippen LogP contribution >= 0.6 is 0 Å². The van der Waals surface area contributed by atoms with E-state index >= 15 is 0 Å². The van der Waals surface area contributed by atoms with Crippen LogP contribution in [0, 0.1) is 0 Å². The molecule has 0 spiro atoms. The topological polar surface area (TPSA) is 96.5 Å². The zero-order valence-corrected chi connectivity index (χ0v) is 15.2. The summed E-state index contributed by atoms with van der Waals surface area (Å²) >= 11 is 0. The summed E-state index contributed by atoms with van der Waals surface area (Å²) in [5.74, 6) is -0.734. The minimum atomic E-state index is -0.485. The summed E-state index contributed by atoms with van der Waals surface area (Å²) in [5.41, 5.74) is 5.94. The van der Waals surface area contributed by atoms with E-state index in [1.807, 2.05) is 37.3 Å². The van der Waals surface area contributed by atoms with E-state index in [1.54, 1.807) is 24.3 Å². The monoisotopic (exact) mass is 369 g/mol. The maximum Gasteiger partial charge on any atom is 0.273 e. The van der Waals surface area contributed by atoms with Gasteiger partial charge in [-0.25, -0.2) is 0 Å². The molecular formula is C20H23N3O4. The third-order valence-corrected chi connectivity index (χ3v) is 3.66. The largest absolute Gasteiger partial charge is 0.493 e. The average molecular weight is 369 g/mol. The molecule has 0 unspecified atom stereocenters. The molecule has 0 saturated heterocycles. The molecule has 0 heterocycles. The Kier molecular flexibility index (Phi) is 7.84. The molecule has 0 aliphatic heterocycles. The van der Waals surface area contributed by atoms with Gasteiger partial charge in [0.05, 0.1) is 12.2 Å². The van der Waals surface area contributed by atoms with Crippen molar-refractivity contribution in [3.8, 4) is 5.75 Å². The quantitative estimate of drug-likeness (QED) is 0.620. The number of hydrogen-bond acceptors (Lipinski definition) is 4. The fourth-order valence-corrected chi connectivity index (χ4v) is 2.30. The molecule has 0 bridgehead atoms. The van der Waals surface area contributed by atoms with E-state index in [9.17, 15) is 14.4 Å². The second-order valence-corrected chi connectivity index (χ2v) is 5.69. The summed E-state index contributed by atoms with van der Waals surface area (Å²) in [6, 6.07) is 16.2. The SMILES string of the molecule is CCOc1ccccc1C(=O)NNC(=O)CCC(=O)NCc1ccccc1. The number of nitrogens with one attached hydrogen (secondary N) is 3. The fourth-order valence-electron chi connectivity index (χ4n) is 2.30. The first-order chi connectivity index (χ1) is 13.1. The Morgan fingerprint density at radius 1 is 0.852 bits per heavy atom. The standard InChI is InChI=1S/C20H23N3O4/c1-2-27-17-11-7-6-10-16(17)20(26)23-22-19(25)13-12-18(24)21-14-15-8-4-3-5-9-15/h3-11H,2,12-14H2,1H3,(H,21,24)(H,22,25)(H,23,26). The van der Waals surface area contributed by atoms with Crippen LogP contribution in [0.25, 0.3) is 0 Å². The van der Waals surface area contributed by atoms with E-state index in [2.05, 4.69) is 16.2 Å². The molecule has 0 aromatic heterocycles. The van der Waals surface area contributed by atoms with Crippen LogP contribution in [0.15, 0.2) is 54.6 Å². The number of rotatable bonds is 8. The highest BCUT2D eigenvalue weighted by atomic mass is 16.5. The van der Waals surface area contributed by atoms with Gasteiger partial charge >= 0.3 is 0 Å². The van der Waals surface area contributed by atoms with Gasteiger partial charge in [0, 0.05) is 19.4 Å². The fraction of sp³-hybridized carbons (Fsp3) is 0.250. The predicted octanol–water partition coefficient (Wildman–Crippen LogP) is 1.94. The lowest BCUT2D eigenvalue weighted by atomic mass is 10.2. The maximum absolute atomic E-state index is 12.2. The van der Waals surface area contributed by atoms with Crippen molar-refractivity contribution in [2.45, 2.75) is 26.3 Å². The van der Waals surface area contributed by atoms with Crippen molar-refractivity contribution in [3.63, 3.8) is 0 Å². The lowest BCUT2D eigenvalue weighted by Gasteiger charge is -2.11. The second-order valence-electron chi connectivity index (χ2n) is 5.69. The Bertz CT molecular complexity index is 778. The van der Waals surface area contributed by atoms with Crippen LogP contribution in [-0.4, -0.2) is 24.3 Å². The van der Waals surface area contributed by atoms with Crippen molar-refractivity contribution >= 4 is 17.7 Å². The van der Waals surface area contributed by atoms with Gasteiger partial charge in [-0.1, -0.05) is 42.5 Å². The van der Waals surface area contributed by atoms with Crippen molar-refractivity contribution in [1.29, 1.82) is 0 Å². The third kappa shape index (κ3) is 6.81. The van der Waals surface area contributed by atoms with E-state index in [4.69, 9.17) is 4.74 Å². The van der Waals surface area contributed by atoms with Gasteiger partial charge in [0.15, 0.2) is 0 Å². The van der Waals surface area contributed by atoms with Gasteiger partial charge in [-0.15, -0.1) is 0 Å². The highest BCUT2D eigenvalue weighted by Gasteiger charge is 2.13. The lowest BCUT2D eigenvalue weighted by Crippen LogP contribution is -2.42. The predicted molar refractivity (Wildman–Crippen MR) is 101 cm³/mol. The Hall–Kier alpha value is -3.35. The van der Waals surface area contributed by atoms with Crippen LogP contribution in [0.2, 0.25) is 0 Å². The van der Waals surface area contributed by atoms with Crippen LogP contribution in [0.5, 0.6) is 5.75 Å². The smallest absolute Gasteiger partial charge is 0.273 e. The molecule has 0 atom stereocenters. The molecule has 0 radical (unpaired) electrons. The normalized spacial score (nSPS) is 9.96. The van der Waals surface area contributed by atoms with Gasteiger partial charge in [-0.3, -0.25) is 25.2 Å². The first kappa shape index (κ1) is 20.0. The van der Waals surface area contributed by atoms with E-state index in [-0.39, 0.29) is 18.7 Å². The summed E-state index contributed by atoms with van der Waals surface area (Å²) in [4.78, 5) is 35.8. The van der Waals surface area contributed by atoms with E-state index in [0.29, 0.717) is 24.5 Å². The van der Waals surface area contributed by atoms with Crippen molar-refractivity contribution < 1.29 is 19.1 Å². The number of hydrogen-bond donors (Lipinski definition) is 3. The first-order valence-corrected chi connectivity index (χ1v) is 8.71. The molecule has 0 aliphatic rings. The molecule has 27 heavy (non-hydrogen) atoms. The van der Waals surface area contributed by atoms with Crippen LogP contribution in [-0.2, 0) is 16.1 Å². The van der Waals surface area contributed by atoms with Crippen molar-refractivity contribution in [1.82, 2.24) is 16.2 Å². The van der Waals surface area contributed by atoms with Crippen molar-refractivity contribution in [2.24, 2.45) is 0 Å². The van der Waals surface area contributed by atoms with Crippen LogP contribution in [0.1, 0.15) is 35.7 Å². The summed E-state index contributed by atoms with van der Waals surface area (Å²) in [6.07, 6.45) is -0.00190. The number of hydrazine groups is 1. The number of benzene rings is 2. The number of carbonyl (C=O) groups is 3. The number of carbonyl (C=O) groups excluding carboxylic acids is 3. The minimum absolute atomic E-state index is 0.0318. The number of para-hydroxylation sites is 1. The Morgan fingerprint density at radius 3 is 2.26 bits per heavy atom. The zero-order chi connectivity index (χ0) is 19.5. The Balaban J connectivity index is 1.71. The van der Waals surface area contributed by atoms with Gasteiger partial charge in [0.25, 0.3) is 5.91 Å². The molecule has 0 saturated carbocycles. The Morgan fingerprint density at radius 2 is 1.52 bits per heavy atom. The van der Waals surface area contributed by atoms with Gasteiger partial charge in [0.1, 0.15) is 5.75 Å². The molecular weight excluding hydrogens is 346 g/mol. The van der Waals surface area contributed by atoms with E-state index < -0.39 is 11.8 Å².